The predicted molar refractivity (Wildman–Crippen MR) is 75.9 cm³/mol. The van der Waals surface area contributed by atoms with Crippen molar-refractivity contribution in [1.82, 2.24) is 4.90 Å². The molecule has 0 spiro atoms. The van der Waals surface area contributed by atoms with E-state index in [1.165, 1.54) is 5.56 Å². The number of benzene rings is 1. The van der Waals surface area contributed by atoms with Crippen LogP contribution in [0.5, 0.6) is 0 Å². The van der Waals surface area contributed by atoms with Crippen molar-refractivity contribution in [2.45, 2.75) is 45.1 Å². The summed E-state index contributed by atoms with van der Waals surface area (Å²) in [6.07, 6.45) is 0.393. The average molecular weight is 261 g/mol. The number of amides is 1. The average Bonchev–Trinajstić information content (AvgIpc) is 3.19. The lowest BCUT2D eigenvalue weighted by Gasteiger charge is -2.20. The highest BCUT2D eigenvalue weighted by molar-refractivity contribution is 5.78. The van der Waals surface area contributed by atoms with E-state index in [2.05, 4.69) is 32.9 Å². The van der Waals surface area contributed by atoms with Gasteiger partial charge in [-0.05, 0) is 23.0 Å². The van der Waals surface area contributed by atoms with E-state index >= 15 is 0 Å². The summed E-state index contributed by atoms with van der Waals surface area (Å²) in [5.41, 5.74) is 2.27. The number of aliphatic hydroxyl groups is 1. The fraction of sp³-hybridized carbons (Fsp3) is 0.562. The molecule has 0 aliphatic carbocycles. The molecule has 1 N–H and O–H groups in total. The van der Waals surface area contributed by atoms with Crippen LogP contribution in [-0.2, 0) is 10.2 Å². The molecule has 1 aliphatic heterocycles. The van der Waals surface area contributed by atoms with Crippen LogP contribution in [0.4, 0.5) is 0 Å². The van der Waals surface area contributed by atoms with E-state index in [1.807, 2.05) is 12.1 Å². The van der Waals surface area contributed by atoms with Gasteiger partial charge in [0.2, 0.25) is 5.91 Å². The van der Waals surface area contributed by atoms with Crippen LogP contribution in [0.15, 0.2) is 24.3 Å². The van der Waals surface area contributed by atoms with Crippen LogP contribution < -0.4 is 0 Å². The molecule has 1 atom stereocenters. The molecule has 1 aromatic rings. The maximum atomic E-state index is 11.5. The first-order valence-corrected chi connectivity index (χ1v) is 6.94. The summed E-state index contributed by atoms with van der Waals surface area (Å²) < 4.78 is 0. The number of hydrogen-bond acceptors (Lipinski definition) is 2. The van der Waals surface area contributed by atoms with Gasteiger partial charge in [0.15, 0.2) is 0 Å². The van der Waals surface area contributed by atoms with E-state index < -0.39 is 6.10 Å². The molecule has 0 bridgehead atoms. The maximum Gasteiger partial charge on any atom is 0.222 e. The van der Waals surface area contributed by atoms with Gasteiger partial charge in [-0.15, -0.1) is 0 Å². The summed E-state index contributed by atoms with van der Waals surface area (Å²) in [6.45, 7) is 8.27. The molecular formula is C16H23NO2. The second-order valence-corrected chi connectivity index (χ2v) is 6.31. The van der Waals surface area contributed by atoms with Crippen molar-refractivity contribution in [3.8, 4) is 0 Å². The quantitative estimate of drug-likeness (QED) is 0.846. The SMILES string of the molecule is CC(C)(C)c1ccc(C(O)CCC(=O)N2CC2)cc1. The minimum Gasteiger partial charge on any atom is -0.388 e. The first-order chi connectivity index (χ1) is 8.88. The molecule has 1 aliphatic rings. The highest BCUT2D eigenvalue weighted by atomic mass is 16.3. The molecule has 0 aromatic heterocycles. The number of rotatable bonds is 4. The molecule has 1 heterocycles. The van der Waals surface area contributed by atoms with Gasteiger partial charge in [-0.2, -0.15) is 0 Å². The van der Waals surface area contributed by atoms with Crippen LogP contribution in [-0.4, -0.2) is 29.0 Å². The Balaban J connectivity index is 1.91. The Morgan fingerprint density at radius 2 is 1.84 bits per heavy atom. The highest BCUT2D eigenvalue weighted by Gasteiger charge is 2.24. The Morgan fingerprint density at radius 1 is 1.26 bits per heavy atom. The molecular weight excluding hydrogens is 238 g/mol. The van der Waals surface area contributed by atoms with Gasteiger partial charge >= 0.3 is 0 Å². The van der Waals surface area contributed by atoms with E-state index in [-0.39, 0.29) is 11.3 Å². The molecule has 19 heavy (non-hydrogen) atoms. The van der Waals surface area contributed by atoms with E-state index in [1.54, 1.807) is 4.90 Å². The fourth-order valence-electron chi connectivity index (χ4n) is 2.09. The maximum absolute atomic E-state index is 11.5. The van der Waals surface area contributed by atoms with Gasteiger partial charge < -0.3 is 10.0 Å². The monoisotopic (exact) mass is 261 g/mol. The Bertz CT molecular complexity index is 441. The summed E-state index contributed by atoms with van der Waals surface area (Å²) in [5.74, 6) is 0.158. The summed E-state index contributed by atoms with van der Waals surface area (Å²) in [7, 11) is 0. The molecule has 0 saturated carbocycles. The van der Waals surface area contributed by atoms with Crippen molar-refractivity contribution < 1.29 is 9.90 Å². The Morgan fingerprint density at radius 3 is 2.32 bits per heavy atom. The molecule has 2 rings (SSSR count). The van der Waals surface area contributed by atoms with Crippen LogP contribution >= 0.6 is 0 Å². The third-order valence-electron chi connectivity index (χ3n) is 3.59. The van der Waals surface area contributed by atoms with Crippen molar-refractivity contribution in [1.29, 1.82) is 0 Å². The van der Waals surface area contributed by atoms with E-state index in [4.69, 9.17) is 0 Å². The van der Waals surface area contributed by atoms with Gasteiger partial charge in [-0.25, -0.2) is 0 Å². The first-order valence-electron chi connectivity index (χ1n) is 6.94. The molecule has 3 nitrogen and oxygen atoms in total. The summed E-state index contributed by atoms with van der Waals surface area (Å²) in [6, 6.07) is 8.05. The zero-order chi connectivity index (χ0) is 14.0. The number of aliphatic hydroxyl groups excluding tert-OH is 1. The normalized spacial score (nSPS) is 16.3. The van der Waals surface area contributed by atoms with Gasteiger partial charge in [0.25, 0.3) is 0 Å². The number of carbonyl (C=O) groups is 1. The molecule has 3 heteroatoms. The summed E-state index contributed by atoms with van der Waals surface area (Å²) in [4.78, 5) is 13.3. The van der Waals surface area contributed by atoms with Crippen molar-refractivity contribution in [2.75, 3.05) is 13.1 Å². The number of hydrogen-bond donors (Lipinski definition) is 1. The zero-order valence-corrected chi connectivity index (χ0v) is 12.0. The van der Waals surface area contributed by atoms with Crippen LogP contribution in [0.1, 0.15) is 50.8 Å². The van der Waals surface area contributed by atoms with Crippen molar-refractivity contribution >= 4 is 5.91 Å². The van der Waals surface area contributed by atoms with Crippen LogP contribution in [0, 0.1) is 0 Å². The lowest BCUT2D eigenvalue weighted by atomic mass is 9.86. The van der Waals surface area contributed by atoms with Crippen LogP contribution in [0.3, 0.4) is 0 Å². The van der Waals surface area contributed by atoms with Gasteiger partial charge in [0, 0.05) is 19.5 Å². The lowest BCUT2D eigenvalue weighted by molar-refractivity contribution is -0.126. The summed E-state index contributed by atoms with van der Waals surface area (Å²) in [5, 5.41) is 10.1. The minimum atomic E-state index is -0.544. The third kappa shape index (κ3) is 3.80. The topological polar surface area (TPSA) is 40.3 Å². The van der Waals surface area contributed by atoms with E-state index in [9.17, 15) is 9.90 Å². The highest BCUT2D eigenvalue weighted by Crippen LogP contribution is 2.25. The van der Waals surface area contributed by atoms with Crippen molar-refractivity contribution in [3.05, 3.63) is 35.4 Å². The molecule has 1 saturated heterocycles. The van der Waals surface area contributed by atoms with Crippen molar-refractivity contribution in [2.24, 2.45) is 0 Å². The smallest absolute Gasteiger partial charge is 0.222 e. The zero-order valence-electron chi connectivity index (χ0n) is 12.0. The second kappa shape index (κ2) is 5.33. The van der Waals surface area contributed by atoms with E-state index in [0.717, 1.165) is 18.7 Å². The number of carbonyl (C=O) groups excluding carboxylic acids is 1. The molecule has 1 amide bonds. The molecule has 1 aromatic carbocycles. The Kier molecular flexibility index (Phi) is 3.95. The van der Waals surface area contributed by atoms with Crippen LogP contribution in [0.2, 0.25) is 0 Å². The third-order valence-corrected chi connectivity index (χ3v) is 3.59. The minimum absolute atomic E-state index is 0.124. The molecule has 104 valence electrons. The first kappa shape index (κ1) is 14.1. The van der Waals surface area contributed by atoms with E-state index in [0.29, 0.717) is 12.8 Å². The van der Waals surface area contributed by atoms with Crippen molar-refractivity contribution in [3.63, 3.8) is 0 Å². The summed E-state index contributed by atoms with van der Waals surface area (Å²) >= 11 is 0. The second-order valence-electron chi connectivity index (χ2n) is 6.31. The van der Waals surface area contributed by atoms with Gasteiger partial charge in [0.05, 0.1) is 6.10 Å². The predicted octanol–water partition coefficient (Wildman–Crippen LogP) is 2.64. The number of nitrogens with zero attached hydrogens (tertiary/aromatic N) is 1. The fourth-order valence-corrected chi connectivity index (χ4v) is 2.09. The van der Waals surface area contributed by atoms with Gasteiger partial charge in [-0.3, -0.25) is 4.79 Å². The molecule has 0 radical (unpaired) electrons. The van der Waals surface area contributed by atoms with Crippen LogP contribution in [0.25, 0.3) is 0 Å². The van der Waals surface area contributed by atoms with Gasteiger partial charge in [-0.1, -0.05) is 45.0 Å². The molecule has 1 unspecified atom stereocenters. The molecule has 1 fully saturated rings. The largest absolute Gasteiger partial charge is 0.388 e. The lowest BCUT2D eigenvalue weighted by Crippen LogP contribution is -2.12. The Hall–Kier alpha value is -1.35. The Labute approximate surface area is 115 Å². The standard InChI is InChI=1S/C16H23NO2/c1-16(2,3)13-6-4-12(5-7-13)14(18)8-9-15(19)17-10-11-17/h4-7,14,18H,8-11H2,1-3H3. The van der Waals surface area contributed by atoms with Gasteiger partial charge in [0.1, 0.15) is 0 Å².